The Bertz CT molecular complexity index is 1410. The van der Waals surface area contributed by atoms with Crippen LogP contribution < -0.4 is 5.11 Å². The van der Waals surface area contributed by atoms with Crippen LogP contribution in [0.2, 0.25) is 0 Å². The van der Waals surface area contributed by atoms with Crippen LogP contribution >= 0.6 is 0 Å². The molecule has 2 atom stereocenters. The Hall–Kier alpha value is -3.01. The Kier molecular flexibility index (Phi) is 54.9. The molecule has 9 nitrogen and oxygen atoms in total. The molecule has 0 aliphatic heterocycles. The largest absolute Gasteiger partial charge is 0.545 e. The molecule has 0 aromatic carbocycles. The first-order valence-corrected chi connectivity index (χ1v) is 31.4. The molecule has 0 aromatic heterocycles. The zero-order chi connectivity index (χ0) is 54.8. The maximum atomic E-state index is 12.8. The number of quaternary nitrogens is 1. The Balaban J connectivity index is 3.96. The number of hydrogen-bond acceptors (Lipinski definition) is 8. The summed E-state index contributed by atoms with van der Waals surface area (Å²) >= 11 is 0. The summed E-state index contributed by atoms with van der Waals surface area (Å²) in [6, 6.07) is 0. The lowest BCUT2D eigenvalue weighted by Gasteiger charge is -2.26. The van der Waals surface area contributed by atoms with E-state index in [0.29, 0.717) is 17.4 Å². The number of likely N-dealkylation sites (N-methyl/N-ethyl adjacent to an activating group) is 1. The molecule has 75 heavy (non-hydrogen) atoms. The number of carboxylic acid groups (broad SMARTS) is 1. The van der Waals surface area contributed by atoms with E-state index in [1.54, 1.807) is 0 Å². The van der Waals surface area contributed by atoms with E-state index in [1.807, 2.05) is 33.3 Å². The molecule has 0 spiro atoms. The molecule has 0 radical (unpaired) electrons. The summed E-state index contributed by atoms with van der Waals surface area (Å²) in [5, 5.41) is 11.7. The lowest BCUT2D eigenvalue weighted by Crippen LogP contribution is -2.44. The Morgan fingerprint density at radius 2 is 0.787 bits per heavy atom. The minimum atomic E-state index is -1.64. The number of rotatable bonds is 58. The average molecular weight is 1050 g/mol. The van der Waals surface area contributed by atoms with Crippen molar-refractivity contribution in [2.45, 2.75) is 296 Å². The van der Waals surface area contributed by atoms with Crippen LogP contribution in [0.25, 0.3) is 0 Å². The second-order valence-corrected chi connectivity index (χ2v) is 22.3. The summed E-state index contributed by atoms with van der Waals surface area (Å²) in [6.45, 7) is 4.56. The third-order valence-corrected chi connectivity index (χ3v) is 13.8. The summed E-state index contributed by atoms with van der Waals surface area (Å²) in [4.78, 5) is 37.1. The van der Waals surface area contributed by atoms with Crippen molar-refractivity contribution in [1.82, 2.24) is 0 Å². The van der Waals surface area contributed by atoms with Crippen molar-refractivity contribution in [3.05, 3.63) is 60.8 Å². The van der Waals surface area contributed by atoms with Crippen LogP contribution in [0.3, 0.4) is 0 Å². The molecule has 9 heteroatoms. The molecule has 0 heterocycles. The molecule has 2 unspecified atom stereocenters. The molecule has 0 saturated heterocycles. The monoisotopic (exact) mass is 1050 g/mol. The van der Waals surface area contributed by atoms with Gasteiger partial charge in [-0.25, -0.2) is 0 Å². The Morgan fingerprint density at radius 1 is 0.413 bits per heavy atom. The van der Waals surface area contributed by atoms with E-state index < -0.39 is 24.3 Å². The maximum Gasteiger partial charge on any atom is 0.306 e. The number of ether oxygens (including phenoxy) is 4. The van der Waals surface area contributed by atoms with Gasteiger partial charge in [-0.15, -0.1) is 0 Å². The number of carbonyl (C=O) groups excluding carboxylic acids is 3. The molecule has 0 bridgehead atoms. The van der Waals surface area contributed by atoms with Crippen molar-refractivity contribution in [1.29, 1.82) is 0 Å². The molecular weight excluding hydrogens is 935 g/mol. The maximum absolute atomic E-state index is 12.8. The molecule has 0 fully saturated rings. The van der Waals surface area contributed by atoms with Crippen molar-refractivity contribution in [3.8, 4) is 0 Å². The third-order valence-electron chi connectivity index (χ3n) is 13.8. The fraction of sp³-hybridized carbons (Fsp3) is 0.803. The highest BCUT2D eigenvalue weighted by Crippen LogP contribution is 2.17. The van der Waals surface area contributed by atoms with Gasteiger partial charge in [0, 0.05) is 12.8 Å². The van der Waals surface area contributed by atoms with Crippen molar-refractivity contribution in [2.75, 3.05) is 47.5 Å². The van der Waals surface area contributed by atoms with Crippen molar-refractivity contribution >= 4 is 17.9 Å². The number of carbonyl (C=O) groups is 3. The van der Waals surface area contributed by atoms with Crippen LogP contribution in [0.4, 0.5) is 0 Å². The predicted molar refractivity (Wildman–Crippen MR) is 315 cm³/mol. The Morgan fingerprint density at radius 3 is 1.19 bits per heavy atom. The molecule has 0 N–H and O–H groups in total. The Labute approximate surface area is 463 Å². The SMILES string of the molecule is CC/C=C\C/C=C\C/C=C\C/C=C\CCC(=O)OC(COC(=O)CCCCCCCCCCCCCCCCCCCCCCCCCCC/C=C\CCCCCCCCCC)COC(OCC[N+](C)(C)C)C(=O)[O-]. The minimum Gasteiger partial charge on any atom is -0.545 e. The van der Waals surface area contributed by atoms with E-state index in [-0.39, 0.29) is 38.6 Å². The van der Waals surface area contributed by atoms with E-state index in [9.17, 15) is 19.5 Å². The molecule has 0 aliphatic rings. The van der Waals surface area contributed by atoms with Gasteiger partial charge in [-0.1, -0.05) is 267 Å². The van der Waals surface area contributed by atoms with Gasteiger partial charge in [0.1, 0.15) is 13.2 Å². The number of aliphatic carboxylic acids is 1. The van der Waals surface area contributed by atoms with Crippen LogP contribution in [0.1, 0.15) is 284 Å². The van der Waals surface area contributed by atoms with E-state index in [1.165, 1.54) is 205 Å². The van der Waals surface area contributed by atoms with Crippen LogP contribution in [0.5, 0.6) is 0 Å². The number of allylic oxidation sites excluding steroid dienone is 10. The van der Waals surface area contributed by atoms with Crippen LogP contribution in [-0.4, -0.2) is 82.3 Å². The van der Waals surface area contributed by atoms with Gasteiger partial charge in [0.05, 0.1) is 40.3 Å². The molecule has 0 aromatic rings. The number of carboxylic acids is 1. The number of unbranched alkanes of at least 4 members (excludes halogenated alkanes) is 33. The molecule has 436 valence electrons. The third kappa shape index (κ3) is 58.5. The second kappa shape index (κ2) is 57.2. The summed E-state index contributed by atoms with van der Waals surface area (Å²) in [7, 11) is 5.90. The molecular formula is C66H119NO8. The molecule has 0 amide bonds. The highest BCUT2D eigenvalue weighted by molar-refractivity contribution is 5.70. The van der Waals surface area contributed by atoms with Crippen LogP contribution in [0.15, 0.2) is 60.8 Å². The first-order chi connectivity index (χ1) is 36.6. The first-order valence-electron chi connectivity index (χ1n) is 31.4. The first kappa shape index (κ1) is 72.0. The van der Waals surface area contributed by atoms with Gasteiger partial charge in [0.25, 0.3) is 0 Å². The van der Waals surface area contributed by atoms with Crippen molar-refractivity contribution in [2.24, 2.45) is 0 Å². The van der Waals surface area contributed by atoms with Gasteiger partial charge in [-0.05, 0) is 64.2 Å². The van der Waals surface area contributed by atoms with Gasteiger partial charge in [-0.2, -0.15) is 0 Å². The molecule has 0 aliphatic carbocycles. The molecule has 0 saturated carbocycles. The number of esters is 2. The van der Waals surface area contributed by atoms with Gasteiger partial charge in [0.2, 0.25) is 0 Å². The smallest absolute Gasteiger partial charge is 0.306 e. The summed E-state index contributed by atoms with van der Waals surface area (Å²) in [5.74, 6) is -2.38. The fourth-order valence-electron chi connectivity index (χ4n) is 8.96. The normalized spacial score (nSPS) is 13.1. The molecule has 0 rings (SSSR count). The summed E-state index contributed by atoms with van der Waals surface area (Å²) in [6.07, 6.45) is 70.6. The van der Waals surface area contributed by atoms with Crippen molar-refractivity contribution in [3.63, 3.8) is 0 Å². The van der Waals surface area contributed by atoms with Gasteiger partial charge in [0.15, 0.2) is 12.4 Å². The van der Waals surface area contributed by atoms with Gasteiger partial charge >= 0.3 is 11.9 Å². The zero-order valence-corrected chi connectivity index (χ0v) is 49.7. The highest BCUT2D eigenvalue weighted by Gasteiger charge is 2.21. The fourth-order valence-corrected chi connectivity index (χ4v) is 8.96. The average Bonchev–Trinajstić information content (AvgIpc) is 3.38. The van der Waals surface area contributed by atoms with Gasteiger partial charge in [-0.3, -0.25) is 9.59 Å². The van der Waals surface area contributed by atoms with Gasteiger partial charge < -0.3 is 33.3 Å². The standard InChI is InChI=1S/C66H119NO8/c1-6-8-10-12-14-16-18-20-21-22-23-24-25-26-27-28-29-30-31-32-33-34-35-36-37-38-39-40-41-42-43-45-46-48-50-52-54-56-63(68)73-60-62(61-74-66(65(70)71)72-59-58-67(3,4)5)75-64(69)57-55-53-51-49-47-44-19-17-15-13-11-9-7-2/h9,11,15,17,22-23,44,47,51,53,62,66H,6-8,10,12-14,16,18-21,24-43,45-46,48-50,52,54-61H2,1-5H3/b11-9-,17-15-,23-22-,47-44-,53-51-. The van der Waals surface area contributed by atoms with E-state index >= 15 is 0 Å². The van der Waals surface area contributed by atoms with E-state index in [2.05, 4.69) is 62.5 Å². The quantitative estimate of drug-likeness (QED) is 0.0195. The number of nitrogens with zero attached hydrogens (tertiary/aromatic N) is 1. The predicted octanol–water partition coefficient (Wildman–Crippen LogP) is 17.5. The topological polar surface area (TPSA) is 111 Å². The highest BCUT2D eigenvalue weighted by atomic mass is 16.7. The van der Waals surface area contributed by atoms with Crippen LogP contribution in [-0.2, 0) is 33.3 Å². The number of hydrogen-bond donors (Lipinski definition) is 0. The van der Waals surface area contributed by atoms with E-state index in [4.69, 9.17) is 18.9 Å². The summed E-state index contributed by atoms with van der Waals surface area (Å²) in [5.41, 5.74) is 0. The van der Waals surface area contributed by atoms with E-state index in [0.717, 1.165) is 44.9 Å². The summed E-state index contributed by atoms with van der Waals surface area (Å²) < 4.78 is 22.6. The van der Waals surface area contributed by atoms with Crippen LogP contribution in [0, 0.1) is 0 Å². The zero-order valence-electron chi connectivity index (χ0n) is 49.7. The lowest BCUT2D eigenvalue weighted by atomic mass is 10.0. The minimum absolute atomic E-state index is 0.127. The van der Waals surface area contributed by atoms with Crippen molar-refractivity contribution < 1.29 is 42.9 Å². The second-order valence-electron chi connectivity index (χ2n) is 22.3. The lowest BCUT2D eigenvalue weighted by molar-refractivity contribution is -0.870.